The standard InChI is InChI=1S/C35H37ClFN3O4S/c1-25(2)22-38-35(42)33(21-27-9-5-4-6-10-27)39(23-28-15-17-29(37)18-16-28)34(41)24-40(32-12-8-7-11-31(32)36)45(43,44)30-19-13-26(3)14-20-30/h4-20,25,33H,21-24H2,1-3H3,(H,38,42). The van der Waals surface area contributed by atoms with Gasteiger partial charge in [-0.05, 0) is 60.4 Å². The predicted octanol–water partition coefficient (Wildman–Crippen LogP) is 6.40. The summed E-state index contributed by atoms with van der Waals surface area (Å²) in [6.07, 6.45) is 0.175. The summed E-state index contributed by atoms with van der Waals surface area (Å²) in [6.45, 7) is 5.46. The lowest BCUT2D eigenvalue weighted by Gasteiger charge is -2.34. The molecule has 4 aromatic carbocycles. The molecule has 1 atom stereocenters. The van der Waals surface area contributed by atoms with Crippen molar-refractivity contribution in [1.29, 1.82) is 0 Å². The number of halogens is 2. The molecule has 4 rings (SSSR count). The Morgan fingerprint density at radius 3 is 2.09 bits per heavy atom. The number of benzene rings is 4. The molecule has 0 radical (unpaired) electrons. The zero-order valence-corrected chi connectivity index (χ0v) is 27.1. The van der Waals surface area contributed by atoms with Crippen molar-refractivity contribution < 1.29 is 22.4 Å². The van der Waals surface area contributed by atoms with Crippen LogP contribution in [-0.2, 0) is 32.6 Å². The van der Waals surface area contributed by atoms with E-state index in [1.165, 1.54) is 47.4 Å². The summed E-state index contributed by atoms with van der Waals surface area (Å²) in [4.78, 5) is 29.6. The fourth-order valence-electron chi connectivity index (χ4n) is 4.77. The topological polar surface area (TPSA) is 86.8 Å². The summed E-state index contributed by atoms with van der Waals surface area (Å²) >= 11 is 6.51. The van der Waals surface area contributed by atoms with Gasteiger partial charge < -0.3 is 10.2 Å². The molecule has 1 N–H and O–H groups in total. The third-order valence-corrected chi connectivity index (χ3v) is 9.32. The molecular weight excluding hydrogens is 613 g/mol. The molecule has 0 aliphatic carbocycles. The van der Waals surface area contributed by atoms with Gasteiger partial charge >= 0.3 is 0 Å². The second-order valence-electron chi connectivity index (χ2n) is 11.3. The van der Waals surface area contributed by atoms with Crippen molar-refractivity contribution >= 4 is 39.1 Å². The summed E-state index contributed by atoms with van der Waals surface area (Å²) < 4.78 is 43.0. The SMILES string of the molecule is Cc1ccc(S(=O)(=O)N(CC(=O)N(Cc2ccc(F)cc2)C(Cc2ccccc2)C(=O)NCC(C)C)c2ccccc2Cl)cc1. The molecule has 0 heterocycles. The summed E-state index contributed by atoms with van der Waals surface area (Å²) in [5, 5.41) is 3.08. The van der Waals surface area contributed by atoms with Crippen LogP contribution in [0.25, 0.3) is 0 Å². The van der Waals surface area contributed by atoms with E-state index >= 15 is 0 Å². The average Bonchev–Trinajstić information content (AvgIpc) is 3.02. The number of nitrogens with one attached hydrogen (secondary N) is 1. The Bertz CT molecular complexity index is 1700. The predicted molar refractivity (Wildman–Crippen MR) is 176 cm³/mol. The highest BCUT2D eigenvalue weighted by molar-refractivity contribution is 7.92. The first kappa shape index (κ1) is 33.7. The summed E-state index contributed by atoms with van der Waals surface area (Å²) in [5.41, 5.74) is 2.38. The van der Waals surface area contributed by atoms with Crippen LogP contribution in [0.5, 0.6) is 0 Å². The van der Waals surface area contributed by atoms with Gasteiger partial charge in [0, 0.05) is 19.5 Å². The van der Waals surface area contributed by atoms with Crippen molar-refractivity contribution in [2.45, 2.75) is 44.7 Å². The first-order chi connectivity index (χ1) is 21.5. The van der Waals surface area contributed by atoms with Gasteiger partial charge in [0.25, 0.3) is 10.0 Å². The summed E-state index contributed by atoms with van der Waals surface area (Å²) in [7, 11) is -4.28. The molecule has 7 nitrogen and oxygen atoms in total. The maximum atomic E-state index is 14.4. The number of sulfonamides is 1. The van der Waals surface area contributed by atoms with Gasteiger partial charge in [0.2, 0.25) is 11.8 Å². The zero-order valence-electron chi connectivity index (χ0n) is 25.5. The highest BCUT2D eigenvalue weighted by Crippen LogP contribution is 2.31. The molecule has 0 spiro atoms. The lowest BCUT2D eigenvalue weighted by atomic mass is 10.0. The Balaban J connectivity index is 1.80. The number of hydrogen-bond acceptors (Lipinski definition) is 4. The van der Waals surface area contributed by atoms with Gasteiger partial charge in [-0.2, -0.15) is 0 Å². The number of carbonyl (C=O) groups excluding carboxylic acids is 2. The van der Waals surface area contributed by atoms with E-state index in [2.05, 4.69) is 5.32 Å². The van der Waals surface area contributed by atoms with Crippen molar-refractivity contribution in [1.82, 2.24) is 10.2 Å². The number of carbonyl (C=O) groups is 2. The second kappa shape index (κ2) is 15.2. The minimum atomic E-state index is -4.28. The Morgan fingerprint density at radius 2 is 1.47 bits per heavy atom. The van der Waals surface area contributed by atoms with Crippen molar-refractivity contribution in [2.24, 2.45) is 5.92 Å². The van der Waals surface area contributed by atoms with Crippen LogP contribution >= 0.6 is 11.6 Å². The van der Waals surface area contributed by atoms with Gasteiger partial charge in [-0.3, -0.25) is 13.9 Å². The third-order valence-electron chi connectivity index (χ3n) is 7.23. The zero-order chi connectivity index (χ0) is 32.6. The Hall–Kier alpha value is -4.21. The van der Waals surface area contributed by atoms with Crippen LogP contribution in [0.4, 0.5) is 10.1 Å². The number of anilines is 1. The number of aryl methyl sites for hydroxylation is 1. The highest BCUT2D eigenvalue weighted by atomic mass is 35.5. The fraction of sp³-hybridized carbons (Fsp3) is 0.257. The molecule has 45 heavy (non-hydrogen) atoms. The lowest BCUT2D eigenvalue weighted by molar-refractivity contribution is -0.140. The van der Waals surface area contributed by atoms with Crippen LogP contribution in [0.2, 0.25) is 5.02 Å². The minimum absolute atomic E-state index is 0.0126. The number of nitrogens with zero attached hydrogens (tertiary/aromatic N) is 2. The summed E-state index contributed by atoms with van der Waals surface area (Å²) in [6, 6.07) is 26.6. The Morgan fingerprint density at radius 1 is 0.844 bits per heavy atom. The maximum Gasteiger partial charge on any atom is 0.264 e. The van der Waals surface area contributed by atoms with Crippen LogP contribution in [-0.4, -0.2) is 44.3 Å². The van der Waals surface area contributed by atoms with Crippen molar-refractivity contribution in [3.05, 3.63) is 131 Å². The first-order valence-corrected chi connectivity index (χ1v) is 16.5. The van der Waals surface area contributed by atoms with Gasteiger partial charge in [0.1, 0.15) is 18.4 Å². The molecule has 1 unspecified atom stereocenters. The van der Waals surface area contributed by atoms with Gasteiger partial charge in [-0.15, -0.1) is 0 Å². The van der Waals surface area contributed by atoms with E-state index in [1.807, 2.05) is 51.1 Å². The number of para-hydroxylation sites is 1. The van der Waals surface area contributed by atoms with Crippen LogP contribution < -0.4 is 9.62 Å². The van der Waals surface area contributed by atoms with E-state index in [4.69, 9.17) is 11.6 Å². The summed E-state index contributed by atoms with van der Waals surface area (Å²) in [5.74, 6) is -1.30. The maximum absolute atomic E-state index is 14.4. The Labute approximate surface area is 269 Å². The Kier molecular flexibility index (Phi) is 11.4. The molecule has 0 saturated heterocycles. The monoisotopic (exact) mass is 649 g/mol. The van der Waals surface area contributed by atoms with E-state index in [9.17, 15) is 22.4 Å². The van der Waals surface area contributed by atoms with Gasteiger partial charge in [-0.25, -0.2) is 12.8 Å². The van der Waals surface area contributed by atoms with E-state index in [1.54, 1.807) is 30.3 Å². The van der Waals surface area contributed by atoms with Gasteiger partial charge in [0.15, 0.2) is 0 Å². The molecular formula is C35H37ClFN3O4S. The molecule has 0 fully saturated rings. The van der Waals surface area contributed by atoms with E-state index < -0.39 is 34.3 Å². The quantitative estimate of drug-likeness (QED) is 0.182. The largest absolute Gasteiger partial charge is 0.354 e. The normalized spacial score (nSPS) is 12.0. The van der Waals surface area contributed by atoms with E-state index in [0.717, 1.165) is 15.4 Å². The second-order valence-corrected chi connectivity index (χ2v) is 13.5. The molecule has 10 heteroatoms. The van der Waals surface area contributed by atoms with Gasteiger partial charge in [-0.1, -0.05) is 97.7 Å². The molecule has 0 aliphatic heterocycles. The first-order valence-electron chi connectivity index (χ1n) is 14.6. The van der Waals surface area contributed by atoms with Crippen molar-refractivity contribution in [3.63, 3.8) is 0 Å². The molecule has 236 valence electrons. The molecule has 4 aromatic rings. The van der Waals surface area contributed by atoms with Crippen LogP contribution in [0.3, 0.4) is 0 Å². The molecule has 0 aromatic heterocycles. The van der Waals surface area contributed by atoms with Crippen molar-refractivity contribution in [3.8, 4) is 0 Å². The molecule has 0 saturated carbocycles. The average molecular weight is 650 g/mol. The van der Waals surface area contributed by atoms with Crippen LogP contribution in [0, 0.1) is 18.7 Å². The highest BCUT2D eigenvalue weighted by Gasteiger charge is 2.35. The lowest BCUT2D eigenvalue weighted by Crippen LogP contribution is -2.53. The smallest absolute Gasteiger partial charge is 0.264 e. The number of amides is 2. The van der Waals surface area contributed by atoms with E-state index in [0.29, 0.717) is 12.1 Å². The third kappa shape index (κ3) is 8.93. The molecule has 0 aliphatic rings. The van der Waals surface area contributed by atoms with Gasteiger partial charge in [0.05, 0.1) is 15.6 Å². The number of rotatable bonds is 13. The van der Waals surface area contributed by atoms with Crippen molar-refractivity contribution in [2.75, 3.05) is 17.4 Å². The van der Waals surface area contributed by atoms with Crippen LogP contribution in [0.1, 0.15) is 30.5 Å². The number of hydrogen-bond donors (Lipinski definition) is 1. The van der Waals surface area contributed by atoms with Crippen LogP contribution in [0.15, 0.2) is 108 Å². The molecule has 0 bridgehead atoms. The van der Waals surface area contributed by atoms with E-state index in [-0.39, 0.29) is 40.4 Å². The fourth-order valence-corrected chi connectivity index (χ4v) is 6.49. The molecule has 2 amide bonds. The minimum Gasteiger partial charge on any atom is -0.354 e.